The van der Waals surface area contributed by atoms with Crippen LogP contribution in [-0.4, -0.2) is 39.5 Å². The number of hydrazine groups is 1. The molecule has 1 saturated carbocycles. The number of nitrogens with one attached hydrogen (secondary N) is 1. The zero-order chi connectivity index (χ0) is 13.2. The number of hydrogen-bond donors (Lipinski definition) is 2. The van der Waals surface area contributed by atoms with Crippen LogP contribution in [0.15, 0.2) is 6.20 Å². The minimum absolute atomic E-state index is 0.0580. The van der Waals surface area contributed by atoms with E-state index in [2.05, 4.69) is 34.7 Å². The molecule has 1 aliphatic carbocycles. The molecule has 1 aromatic rings. The Morgan fingerprint density at radius 2 is 2.06 bits per heavy atom. The SMILES string of the molecule is CN(C)C1(C(NN)c2cnnn2C)CCCCC1. The first-order chi connectivity index (χ1) is 8.62. The fourth-order valence-corrected chi connectivity index (χ4v) is 3.23. The topological polar surface area (TPSA) is 72.0 Å². The summed E-state index contributed by atoms with van der Waals surface area (Å²) in [5, 5.41) is 8.00. The van der Waals surface area contributed by atoms with Gasteiger partial charge in [-0.25, -0.2) is 5.43 Å². The molecule has 0 radical (unpaired) electrons. The second kappa shape index (κ2) is 5.34. The van der Waals surface area contributed by atoms with E-state index in [-0.39, 0.29) is 11.6 Å². The molecule has 0 amide bonds. The lowest BCUT2D eigenvalue weighted by molar-refractivity contribution is 0.0533. The molecule has 3 N–H and O–H groups in total. The third kappa shape index (κ3) is 2.15. The molecule has 1 aliphatic rings. The number of nitrogens with two attached hydrogens (primary N) is 1. The van der Waals surface area contributed by atoms with Crippen LogP contribution >= 0.6 is 0 Å². The molecule has 1 atom stereocenters. The Kier molecular flexibility index (Phi) is 3.99. The highest BCUT2D eigenvalue weighted by Crippen LogP contribution is 2.41. The molecule has 1 unspecified atom stereocenters. The molecule has 102 valence electrons. The first-order valence-electron chi connectivity index (χ1n) is 6.60. The summed E-state index contributed by atoms with van der Waals surface area (Å²) >= 11 is 0. The van der Waals surface area contributed by atoms with Crippen molar-refractivity contribution in [1.29, 1.82) is 0 Å². The standard InChI is InChI=1S/C12H24N6/c1-17(2)12(7-5-4-6-8-12)11(15-13)10-9-14-16-18(10)3/h9,11,15H,4-8,13H2,1-3H3. The molecule has 0 saturated heterocycles. The summed E-state index contributed by atoms with van der Waals surface area (Å²) in [5.41, 5.74) is 4.10. The minimum atomic E-state index is 0.0580. The second-order valence-corrected chi connectivity index (χ2v) is 5.44. The van der Waals surface area contributed by atoms with Crippen molar-refractivity contribution in [1.82, 2.24) is 25.3 Å². The number of aromatic nitrogens is 3. The fourth-order valence-electron chi connectivity index (χ4n) is 3.23. The van der Waals surface area contributed by atoms with Gasteiger partial charge in [0.15, 0.2) is 0 Å². The van der Waals surface area contributed by atoms with Gasteiger partial charge < -0.3 is 4.90 Å². The largest absolute Gasteiger partial charge is 0.302 e. The van der Waals surface area contributed by atoms with Gasteiger partial charge in [0, 0.05) is 12.6 Å². The van der Waals surface area contributed by atoms with Crippen molar-refractivity contribution in [2.24, 2.45) is 12.9 Å². The maximum absolute atomic E-state index is 5.84. The van der Waals surface area contributed by atoms with Crippen molar-refractivity contribution >= 4 is 0 Å². The van der Waals surface area contributed by atoms with Gasteiger partial charge in [0.2, 0.25) is 0 Å². The van der Waals surface area contributed by atoms with Gasteiger partial charge in [-0.15, -0.1) is 5.10 Å². The normalized spacial score (nSPS) is 21.2. The second-order valence-electron chi connectivity index (χ2n) is 5.44. The number of likely N-dealkylation sites (N-methyl/N-ethyl adjacent to an activating group) is 1. The maximum atomic E-state index is 5.84. The Bertz CT molecular complexity index is 380. The molecule has 18 heavy (non-hydrogen) atoms. The van der Waals surface area contributed by atoms with Gasteiger partial charge in [-0.2, -0.15) is 0 Å². The van der Waals surface area contributed by atoms with Crippen molar-refractivity contribution in [3.8, 4) is 0 Å². The van der Waals surface area contributed by atoms with E-state index in [1.807, 2.05) is 17.9 Å². The van der Waals surface area contributed by atoms with Crippen LogP contribution in [0.1, 0.15) is 43.8 Å². The van der Waals surface area contributed by atoms with E-state index in [1.54, 1.807) is 0 Å². The van der Waals surface area contributed by atoms with E-state index in [0.717, 1.165) is 18.5 Å². The molecule has 0 spiro atoms. The molecule has 6 nitrogen and oxygen atoms in total. The fraction of sp³-hybridized carbons (Fsp3) is 0.833. The van der Waals surface area contributed by atoms with E-state index in [9.17, 15) is 0 Å². The highest BCUT2D eigenvalue weighted by molar-refractivity contribution is 5.13. The zero-order valence-corrected chi connectivity index (χ0v) is 11.6. The predicted molar refractivity (Wildman–Crippen MR) is 70.6 cm³/mol. The van der Waals surface area contributed by atoms with Crippen molar-refractivity contribution in [3.63, 3.8) is 0 Å². The third-order valence-electron chi connectivity index (χ3n) is 4.36. The average molecular weight is 252 g/mol. The molecule has 0 bridgehead atoms. The lowest BCUT2D eigenvalue weighted by Gasteiger charge is -2.48. The maximum Gasteiger partial charge on any atom is 0.0828 e. The highest BCUT2D eigenvalue weighted by atomic mass is 15.4. The summed E-state index contributed by atoms with van der Waals surface area (Å²) in [4.78, 5) is 2.31. The van der Waals surface area contributed by atoms with Gasteiger partial charge in [-0.05, 0) is 26.9 Å². The highest BCUT2D eigenvalue weighted by Gasteiger charge is 2.43. The van der Waals surface area contributed by atoms with Gasteiger partial charge >= 0.3 is 0 Å². The Hall–Kier alpha value is -0.980. The van der Waals surface area contributed by atoms with E-state index in [0.29, 0.717) is 0 Å². The monoisotopic (exact) mass is 252 g/mol. The van der Waals surface area contributed by atoms with Gasteiger partial charge in [-0.1, -0.05) is 24.5 Å². The predicted octanol–water partition coefficient (Wildman–Crippen LogP) is 0.584. The van der Waals surface area contributed by atoms with E-state index in [4.69, 9.17) is 5.84 Å². The summed E-state index contributed by atoms with van der Waals surface area (Å²) in [6, 6.07) is 0.0628. The minimum Gasteiger partial charge on any atom is -0.302 e. The number of hydrogen-bond acceptors (Lipinski definition) is 5. The molecule has 2 rings (SSSR count). The Labute approximate surface area is 108 Å². The summed E-state index contributed by atoms with van der Waals surface area (Å²) in [5.74, 6) is 5.84. The van der Waals surface area contributed by atoms with Gasteiger partial charge in [-0.3, -0.25) is 10.5 Å². The van der Waals surface area contributed by atoms with Crippen molar-refractivity contribution in [3.05, 3.63) is 11.9 Å². The lowest BCUT2D eigenvalue weighted by atomic mass is 9.74. The van der Waals surface area contributed by atoms with Crippen LogP contribution in [-0.2, 0) is 7.05 Å². The molecular formula is C12H24N6. The summed E-state index contributed by atoms with van der Waals surface area (Å²) in [6.45, 7) is 0. The molecule has 1 aromatic heterocycles. The summed E-state index contributed by atoms with van der Waals surface area (Å²) < 4.78 is 1.81. The van der Waals surface area contributed by atoms with Crippen LogP contribution < -0.4 is 11.3 Å². The van der Waals surface area contributed by atoms with Gasteiger partial charge in [0.1, 0.15) is 0 Å². The Balaban J connectivity index is 2.36. The quantitative estimate of drug-likeness (QED) is 0.606. The van der Waals surface area contributed by atoms with Crippen molar-refractivity contribution < 1.29 is 0 Å². The van der Waals surface area contributed by atoms with E-state index < -0.39 is 0 Å². The smallest absolute Gasteiger partial charge is 0.0828 e. The molecule has 1 heterocycles. The summed E-state index contributed by atoms with van der Waals surface area (Å²) in [6.07, 6.45) is 7.93. The van der Waals surface area contributed by atoms with Crippen LogP contribution in [0.2, 0.25) is 0 Å². The first-order valence-corrected chi connectivity index (χ1v) is 6.60. The molecule has 0 aromatic carbocycles. The number of rotatable bonds is 4. The van der Waals surface area contributed by atoms with E-state index in [1.165, 1.54) is 19.3 Å². The third-order valence-corrected chi connectivity index (χ3v) is 4.36. The van der Waals surface area contributed by atoms with Crippen LogP contribution in [0.4, 0.5) is 0 Å². The van der Waals surface area contributed by atoms with Crippen molar-refractivity contribution in [2.45, 2.75) is 43.7 Å². The van der Waals surface area contributed by atoms with Crippen LogP contribution in [0, 0.1) is 0 Å². The lowest BCUT2D eigenvalue weighted by Crippen LogP contribution is -2.56. The Morgan fingerprint density at radius 1 is 1.39 bits per heavy atom. The molecule has 0 aliphatic heterocycles. The van der Waals surface area contributed by atoms with Gasteiger partial charge in [0.05, 0.1) is 17.9 Å². The first kappa shape index (κ1) is 13.5. The van der Waals surface area contributed by atoms with Gasteiger partial charge in [0.25, 0.3) is 0 Å². The molecule has 6 heteroatoms. The van der Waals surface area contributed by atoms with Crippen LogP contribution in [0.5, 0.6) is 0 Å². The average Bonchev–Trinajstić information content (AvgIpc) is 2.78. The summed E-state index contributed by atoms with van der Waals surface area (Å²) in [7, 11) is 6.19. The number of aryl methyl sites for hydroxylation is 1. The molecular weight excluding hydrogens is 228 g/mol. The van der Waals surface area contributed by atoms with Crippen LogP contribution in [0.3, 0.4) is 0 Å². The molecule has 1 fully saturated rings. The zero-order valence-electron chi connectivity index (χ0n) is 11.6. The number of nitrogens with zero attached hydrogens (tertiary/aromatic N) is 4. The van der Waals surface area contributed by atoms with E-state index >= 15 is 0 Å². The van der Waals surface area contributed by atoms with Crippen molar-refractivity contribution in [2.75, 3.05) is 14.1 Å². The Morgan fingerprint density at radius 3 is 2.50 bits per heavy atom. The van der Waals surface area contributed by atoms with Crippen LogP contribution in [0.25, 0.3) is 0 Å².